The Kier molecular flexibility index (Phi) is 4.89. The van der Waals surface area contributed by atoms with Crippen LogP contribution < -0.4 is 10.1 Å². The Labute approximate surface area is 199 Å². The third kappa shape index (κ3) is 3.39. The predicted molar refractivity (Wildman–Crippen MR) is 128 cm³/mol. The molecule has 6 rings (SSSR count). The molecular formula is C25H18ClFN4OS. The van der Waals surface area contributed by atoms with Crippen LogP contribution >= 0.6 is 23.4 Å². The Morgan fingerprint density at radius 2 is 1.79 bits per heavy atom. The van der Waals surface area contributed by atoms with Gasteiger partial charge in [-0.05, 0) is 59.8 Å². The van der Waals surface area contributed by atoms with Crippen molar-refractivity contribution in [1.29, 1.82) is 0 Å². The molecule has 0 aliphatic carbocycles. The molecule has 1 aromatic heterocycles. The largest absolute Gasteiger partial charge is 0.480 e. The van der Waals surface area contributed by atoms with Gasteiger partial charge in [0.25, 0.3) is 0 Å². The molecule has 4 aromatic rings. The smallest absolute Gasteiger partial charge is 0.226 e. The monoisotopic (exact) mass is 476 g/mol. The topological polar surface area (TPSA) is 52.0 Å². The fraction of sp³-hybridized carbons (Fsp3) is 0.120. The lowest BCUT2D eigenvalue weighted by molar-refractivity contribution is 0.223. The third-order valence-corrected chi connectivity index (χ3v) is 6.96. The molecule has 0 amide bonds. The molecule has 2 aliphatic rings. The first-order chi connectivity index (χ1) is 16.1. The highest BCUT2D eigenvalue weighted by Crippen LogP contribution is 2.51. The fourth-order valence-corrected chi connectivity index (χ4v) is 5.04. The van der Waals surface area contributed by atoms with Crippen LogP contribution in [-0.2, 0) is 0 Å². The van der Waals surface area contributed by atoms with Crippen LogP contribution in [0.4, 0.5) is 10.3 Å². The normalized spacial score (nSPS) is 18.6. The maximum atomic E-state index is 13.8. The van der Waals surface area contributed by atoms with Crippen LogP contribution in [0, 0.1) is 5.82 Å². The number of anilines is 1. The Hall–Kier alpha value is -3.29. The fourth-order valence-electron chi connectivity index (χ4n) is 4.46. The van der Waals surface area contributed by atoms with Crippen molar-refractivity contribution in [2.24, 2.45) is 0 Å². The number of nitrogens with one attached hydrogen (secondary N) is 1. The van der Waals surface area contributed by atoms with Gasteiger partial charge in [-0.1, -0.05) is 35.9 Å². The zero-order valence-corrected chi connectivity index (χ0v) is 19.1. The molecule has 5 nitrogen and oxygen atoms in total. The van der Waals surface area contributed by atoms with Crippen LogP contribution in [0.3, 0.4) is 0 Å². The number of hydrogen-bond donors (Lipinski definition) is 1. The first kappa shape index (κ1) is 20.3. The molecule has 0 saturated carbocycles. The highest BCUT2D eigenvalue weighted by Gasteiger charge is 2.41. The molecule has 164 valence electrons. The van der Waals surface area contributed by atoms with Crippen molar-refractivity contribution in [3.63, 3.8) is 0 Å². The molecular weight excluding hydrogens is 459 g/mol. The van der Waals surface area contributed by atoms with Crippen LogP contribution in [0.2, 0.25) is 5.02 Å². The van der Waals surface area contributed by atoms with E-state index in [4.69, 9.17) is 16.3 Å². The summed E-state index contributed by atoms with van der Waals surface area (Å²) in [5.74, 6) is 1.05. The van der Waals surface area contributed by atoms with E-state index in [0.717, 1.165) is 33.7 Å². The number of rotatable bonds is 3. The minimum atomic E-state index is -0.385. The van der Waals surface area contributed by atoms with E-state index >= 15 is 0 Å². The van der Waals surface area contributed by atoms with Gasteiger partial charge in [-0.3, -0.25) is 0 Å². The third-order valence-electron chi connectivity index (χ3n) is 5.98. The molecule has 3 heterocycles. The quantitative estimate of drug-likeness (QED) is 0.349. The van der Waals surface area contributed by atoms with Crippen molar-refractivity contribution in [3.8, 4) is 5.75 Å². The van der Waals surface area contributed by atoms with E-state index in [1.54, 1.807) is 23.9 Å². The zero-order chi connectivity index (χ0) is 22.5. The van der Waals surface area contributed by atoms with Gasteiger partial charge in [-0.2, -0.15) is 10.1 Å². The molecule has 3 aromatic carbocycles. The van der Waals surface area contributed by atoms with Gasteiger partial charge >= 0.3 is 0 Å². The van der Waals surface area contributed by atoms with Gasteiger partial charge in [-0.25, -0.2) is 9.07 Å². The van der Waals surface area contributed by atoms with Crippen LogP contribution in [0.25, 0.3) is 5.70 Å². The van der Waals surface area contributed by atoms with E-state index in [2.05, 4.69) is 45.9 Å². The maximum absolute atomic E-state index is 13.8. The van der Waals surface area contributed by atoms with Crippen molar-refractivity contribution in [2.75, 3.05) is 11.6 Å². The number of nitrogens with zero attached hydrogens (tertiary/aromatic N) is 3. The molecule has 1 N–H and O–H groups in total. The lowest BCUT2D eigenvalue weighted by Gasteiger charge is -2.39. The van der Waals surface area contributed by atoms with Crippen molar-refractivity contribution in [1.82, 2.24) is 14.8 Å². The average molecular weight is 477 g/mol. The predicted octanol–water partition coefficient (Wildman–Crippen LogP) is 6.35. The van der Waals surface area contributed by atoms with Crippen molar-refractivity contribution in [2.45, 2.75) is 17.0 Å². The van der Waals surface area contributed by atoms with Gasteiger partial charge in [0.1, 0.15) is 30.0 Å². The lowest BCUT2D eigenvalue weighted by Crippen LogP contribution is -2.32. The second-order valence-corrected chi connectivity index (χ2v) is 9.17. The molecule has 0 bridgehead atoms. The van der Waals surface area contributed by atoms with Gasteiger partial charge in [0.05, 0.1) is 5.70 Å². The lowest BCUT2D eigenvalue weighted by atomic mass is 9.84. The molecule has 0 spiro atoms. The molecule has 2 unspecified atom stereocenters. The molecule has 0 radical (unpaired) electrons. The number of aromatic nitrogens is 3. The Balaban J connectivity index is 1.61. The highest BCUT2D eigenvalue weighted by molar-refractivity contribution is 7.98. The minimum Gasteiger partial charge on any atom is -0.480 e. The number of thioether (sulfide) groups is 1. The summed E-state index contributed by atoms with van der Waals surface area (Å²) in [4.78, 5) is 5.59. The number of halogens is 2. The number of ether oxygens (including phenoxy) is 1. The first-order valence-electron chi connectivity index (χ1n) is 10.4. The Morgan fingerprint density at radius 3 is 2.55 bits per heavy atom. The van der Waals surface area contributed by atoms with E-state index in [0.29, 0.717) is 11.0 Å². The van der Waals surface area contributed by atoms with Gasteiger partial charge in [-0.15, -0.1) is 11.8 Å². The number of benzene rings is 3. The number of hydrogen-bond acceptors (Lipinski definition) is 5. The van der Waals surface area contributed by atoms with Crippen molar-refractivity contribution in [3.05, 3.63) is 106 Å². The Morgan fingerprint density at radius 1 is 1.03 bits per heavy atom. The number of fused-ring (bicyclic) bond motifs is 3. The summed E-state index contributed by atoms with van der Waals surface area (Å²) in [6.45, 7) is 0. The van der Waals surface area contributed by atoms with E-state index in [-0.39, 0.29) is 18.0 Å². The van der Waals surface area contributed by atoms with Gasteiger partial charge < -0.3 is 10.1 Å². The molecule has 2 aliphatic heterocycles. The van der Waals surface area contributed by atoms with E-state index in [1.807, 2.05) is 22.9 Å². The summed E-state index contributed by atoms with van der Waals surface area (Å²) in [7, 11) is 0. The SMILES string of the molecule is CSc1ccc(C2Oc3ccc(Cl)cc3C3=C2C(c2ccc(F)cc2)n2ncnc2N3)cc1. The van der Waals surface area contributed by atoms with Crippen LogP contribution in [0.1, 0.15) is 28.8 Å². The van der Waals surface area contributed by atoms with E-state index in [1.165, 1.54) is 23.4 Å². The summed E-state index contributed by atoms with van der Waals surface area (Å²) >= 11 is 8.05. The van der Waals surface area contributed by atoms with E-state index < -0.39 is 0 Å². The summed E-state index contributed by atoms with van der Waals surface area (Å²) in [6.07, 6.45) is 3.18. The van der Waals surface area contributed by atoms with Crippen LogP contribution in [-0.4, -0.2) is 21.0 Å². The van der Waals surface area contributed by atoms with Gasteiger partial charge in [0.2, 0.25) is 5.95 Å². The first-order valence-corrected chi connectivity index (χ1v) is 12.0. The molecule has 0 fully saturated rings. The molecule has 8 heteroatoms. The molecule has 0 saturated heterocycles. The Bertz CT molecular complexity index is 1380. The van der Waals surface area contributed by atoms with E-state index in [9.17, 15) is 4.39 Å². The minimum absolute atomic E-state index is 0.290. The maximum Gasteiger partial charge on any atom is 0.226 e. The second kappa shape index (κ2) is 7.93. The second-order valence-electron chi connectivity index (χ2n) is 7.85. The summed E-state index contributed by atoms with van der Waals surface area (Å²) in [5, 5.41) is 8.55. The van der Waals surface area contributed by atoms with Crippen molar-refractivity contribution >= 4 is 35.0 Å². The van der Waals surface area contributed by atoms with Gasteiger partial charge in [0, 0.05) is 21.1 Å². The van der Waals surface area contributed by atoms with Crippen molar-refractivity contribution < 1.29 is 9.13 Å². The average Bonchev–Trinajstić information content (AvgIpc) is 3.31. The summed E-state index contributed by atoms with van der Waals surface area (Å²) < 4.78 is 22.2. The highest BCUT2D eigenvalue weighted by atomic mass is 35.5. The summed E-state index contributed by atoms with van der Waals surface area (Å²) in [6, 6.07) is 20.1. The molecule has 33 heavy (non-hydrogen) atoms. The van der Waals surface area contributed by atoms with Gasteiger partial charge in [0.15, 0.2) is 0 Å². The molecule has 2 atom stereocenters. The summed E-state index contributed by atoms with van der Waals surface area (Å²) in [5.41, 5.74) is 4.60. The van der Waals surface area contributed by atoms with Crippen LogP contribution in [0.5, 0.6) is 5.75 Å². The standard InChI is InChI=1S/C25H18ClFN4OS/c1-33-18-9-4-15(5-10-18)24-21-22(19-12-16(26)6-11-20(19)32-24)30-25-28-13-29-31(25)23(21)14-2-7-17(27)8-3-14/h2-13,23-24H,1H3,(H,28,29,30). The van der Waals surface area contributed by atoms with Crippen LogP contribution in [0.15, 0.2) is 83.5 Å². The zero-order valence-electron chi connectivity index (χ0n) is 17.5.